The summed E-state index contributed by atoms with van der Waals surface area (Å²) in [5.41, 5.74) is 0. The zero-order chi connectivity index (χ0) is 12.2. The molecule has 2 atom stereocenters. The molecule has 1 fully saturated rings. The summed E-state index contributed by atoms with van der Waals surface area (Å²) >= 11 is 7.39. The van der Waals surface area contributed by atoms with Crippen LogP contribution in [0.5, 0.6) is 0 Å². The molecule has 2 N–H and O–H groups in total. The molecule has 0 aliphatic carbocycles. The number of amides is 3. The van der Waals surface area contributed by atoms with E-state index in [2.05, 4.69) is 17.6 Å². The van der Waals surface area contributed by atoms with Gasteiger partial charge in [-0.15, -0.1) is 11.6 Å². The molecule has 4 nitrogen and oxygen atoms in total. The summed E-state index contributed by atoms with van der Waals surface area (Å²) < 4.78 is 0.104. The van der Waals surface area contributed by atoms with Crippen molar-refractivity contribution in [2.45, 2.75) is 36.8 Å². The average Bonchev–Trinajstić information content (AvgIpc) is 2.63. The van der Waals surface area contributed by atoms with Gasteiger partial charge in [-0.3, -0.25) is 10.1 Å². The molecule has 0 bridgehead atoms. The Labute approximate surface area is 105 Å². The number of hydrogen-bond donors (Lipinski definition) is 2. The number of rotatable bonds is 3. The molecule has 0 aromatic rings. The summed E-state index contributed by atoms with van der Waals surface area (Å²) in [6.07, 6.45) is 2.28. The van der Waals surface area contributed by atoms with Gasteiger partial charge in [-0.1, -0.05) is 0 Å². The first kappa shape index (κ1) is 13.6. The van der Waals surface area contributed by atoms with E-state index in [1.807, 2.05) is 11.8 Å². The quantitative estimate of drug-likeness (QED) is 0.764. The SMILES string of the molecule is CC(Cl)C(=O)NC(=O)NCC1(C)CCCS1. The summed E-state index contributed by atoms with van der Waals surface area (Å²) in [7, 11) is 0. The van der Waals surface area contributed by atoms with Crippen LogP contribution in [0.4, 0.5) is 4.79 Å². The van der Waals surface area contributed by atoms with Crippen LogP contribution in [0.1, 0.15) is 26.7 Å². The second-order valence-electron chi connectivity index (χ2n) is 4.19. The Kier molecular flexibility index (Phi) is 4.92. The van der Waals surface area contributed by atoms with E-state index in [0.29, 0.717) is 6.54 Å². The number of imide groups is 1. The fraction of sp³-hybridized carbons (Fsp3) is 0.800. The zero-order valence-corrected chi connectivity index (χ0v) is 11.1. The number of nitrogens with one attached hydrogen (secondary N) is 2. The Morgan fingerprint density at radius 2 is 2.25 bits per heavy atom. The summed E-state index contributed by atoms with van der Waals surface area (Å²) in [6, 6.07) is -0.466. The number of urea groups is 1. The fourth-order valence-corrected chi connectivity index (χ4v) is 2.80. The molecule has 1 rings (SSSR count). The van der Waals surface area contributed by atoms with Crippen molar-refractivity contribution in [1.82, 2.24) is 10.6 Å². The minimum Gasteiger partial charge on any atom is -0.336 e. The van der Waals surface area contributed by atoms with Gasteiger partial charge >= 0.3 is 6.03 Å². The summed E-state index contributed by atoms with van der Waals surface area (Å²) in [5, 5.41) is 4.20. The highest BCUT2D eigenvalue weighted by atomic mass is 35.5. The van der Waals surface area contributed by atoms with Crippen molar-refractivity contribution in [3.63, 3.8) is 0 Å². The monoisotopic (exact) mass is 264 g/mol. The van der Waals surface area contributed by atoms with Gasteiger partial charge in [-0.05, 0) is 32.4 Å². The van der Waals surface area contributed by atoms with Crippen LogP contribution in [-0.2, 0) is 4.79 Å². The van der Waals surface area contributed by atoms with Crippen LogP contribution >= 0.6 is 23.4 Å². The van der Waals surface area contributed by atoms with Gasteiger partial charge in [-0.25, -0.2) is 4.79 Å². The van der Waals surface area contributed by atoms with Crippen LogP contribution < -0.4 is 10.6 Å². The summed E-state index contributed by atoms with van der Waals surface area (Å²) in [6.45, 7) is 4.22. The smallest absolute Gasteiger partial charge is 0.321 e. The van der Waals surface area contributed by atoms with E-state index in [1.54, 1.807) is 0 Å². The fourth-order valence-electron chi connectivity index (χ4n) is 1.50. The molecule has 1 aliphatic heterocycles. The lowest BCUT2D eigenvalue weighted by Gasteiger charge is -2.22. The van der Waals surface area contributed by atoms with Crippen LogP contribution in [0.2, 0.25) is 0 Å². The molecule has 3 amide bonds. The second kappa shape index (κ2) is 5.77. The van der Waals surface area contributed by atoms with Crippen LogP contribution in [0, 0.1) is 0 Å². The maximum Gasteiger partial charge on any atom is 0.321 e. The lowest BCUT2D eigenvalue weighted by atomic mass is 10.1. The van der Waals surface area contributed by atoms with Crippen molar-refractivity contribution < 1.29 is 9.59 Å². The molecule has 1 saturated heterocycles. The number of carbonyl (C=O) groups excluding carboxylic acids is 2. The largest absolute Gasteiger partial charge is 0.336 e. The first-order valence-corrected chi connectivity index (χ1v) is 6.72. The van der Waals surface area contributed by atoms with Gasteiger partial charge < -0.3 is 5.32 Å². The molecule has 6 heteroatoms. The van der Waals surface area contributed by atoms with Crippen molar-refractivity contribution in [3.8, 4) is 0 Å². The normalized spacial score (nSPS) is 26.2. The Balaban J connectivity index is 2.27. The third-order valence-corrected chi connectivity index (χ3v) is 4.26. The van der Waals surface area contributed by atoms with E-state index in [4.69, 9.17) is 11.6 Å². The maximum atomic E-state index is 11.3. The minimum atomic E-state index is -0.692. The van der Waals surface area contributed by atoms with Crippen molar-refractivity contribution >= 4 is 35.3 Å². The topological polar surface area (TPSA) is 58.2 Å². The first-order valence-electron chi connectivity index (χ1n) is 5.30. The molecule has 92 valence electrons. The molecule has 0 spiro atoms. The van der Waals surface area contributed by atoms with Crippen LogP contribution in [0.25, 0.3) is 0 Å². The minimum absolute atomic E-state index is 0.104. The number of carbonyl (C=O) groups is 2. The lowest BCUT2D eigenvalue weighted by molar-refractivity contribution is -0.119. The molecule has 0 saturated carbocycles. The highest BCUT2D eigenvalue weighted by molar-refractivity contribution is 8.00. The van der Waals surface area contributed by atoms with Gasteiger partial charge in [0, 0.05) is 11.3 Å². The Hall–Kier alpha value is -0.420. The molecule has 0 aromatic heterocycles. The van der Waals surface area contributed by atoms with E-state index in [0.717, 1.165) is 12.2 Å². The predicted octanol–water partition coefficient (Wildman–Crippen LogP) is 1.73. The molecule has 1 aliphatic rings. The molecular formula is C10H17ClN2O2S. The van der Waals surface area contributed by atoms with Gasteiger partial charge in [0.05, 0.1) is 0 Å². The van der Waals surface area contributed by atoms with Crippen molar-refractivity contribution in [2.24, 2.45) is 0 Å². The van der Waals surface area contributed by atoms with E-state index < -0.39 is 17.3 Å². The molecule has 16 heavy (non-hydrogen) atoms. The zero-order valence-electron chi connectivity index (χ0n) is 9.51. The van der Waals surface area contributed by atoms with Crippen LogP contribution in [0.15, 0.2) is 0 Å². The van der Waals surface area contributed by atoms with E-state index in [9.17, 15) is 9.59 Å². The predicted molar refractivity (Wildman–Crippen MR) is 67.0 cm³/mol. The van der Waals surface area contributed by atoms with Crippen molar-refractivity contribution in [3.05, 3.63) is 0 Å². The molecule has 1 heterocycles. The Morgan fingerprint density at radius 1 is 1.56 bits per heavy atom. The second-order valence-corrected chi connectivity index (χ2v) is 6.53. The third-order valence-electron chi connectivity index (χ3n) is 2.52. The van der Waals surface area contributed by atoms with E-state index >= 15 is 0 Å². The van der Waals surface area contributed by atoms with Crippen molar-refractivity contribution in [2.75, 3.05) is 12.3 Å². The maximum absolute atomic E-state index is 11.3. The van der Waals surface area contributed by atoms with Crippen LogP contribution in [0.3, 0.4) is 0 Å². The number of alkyl halides is 1. The Morgan fingerprint density at radius 3 is 2.75 bits per heavy atom. The lowest BCUT2D eigenvalue weighted by Crippen LogP contribution is -2.46. The molecule has 0 aromatic carbocycles. The highest BCUT2D eigenvalue weighted by Gasteiger charge is 2.29. The first-order chi connectivity index (χ1) is 7.43. The molecule has 0 radical (unpaired) electrons. The van der Waals surface area contributed by atoms with Gasteiger partial charge in [0.15, 0.2) is 0 Å². The summed E-state index contributed by atoms with van der Waals surface area (Å²) in [4.78, 5) is 22.5. The number of halogens is 1. The number of hydrogen-bond acceptors (Lipinski definition) is 3. The molecule has 2 unspecified atom stereocenters. The highest BCUT2D eigenvalue weighted by Crippen LogP contribution is 2.36. The van der Waals surface area contributed by atoms with Gasteiger partial charge in [0.1, 0.15) is 5.38 Å². The van der Waals surface area contributed by atoms with Gasteiger partial charge in [0.25, 0.3) is 0 Å². The standard InChI is InChI=1S/C10H17ClN2O2S/c1-7(11)8(14)13-9(15)12-6-10(2)4-3-5-16-10/h7H,3-6H2,1-2H3,(H2,12,13,14,15). The summed E-state index contributed by atoms with van der Waals surface area (Å²) in [5.74, 6) is 0.667. The third kappa shape index (κ3) is 4.22. The van der Waals surface area contributed by atoms with Gasteiger partial charge in [-0.2, -0.15) is 11.8 Å². The van der Waals surface area contributed by atoms with Crippen LogP contribution in [-0.4, -0.2) is 34.4 Å². The number of thioether (sulfide) groups is 1. The van der Waals surface area contributed by atoms with Gasteiger partial charge in [0.2, 0.25) is 5.91 Å². The Bertz CT molecular complexity index is 278. The average molecular weight is 265 g/mol. The van der Waals surface area contributed by atoms with E-state index in [-0.39, 0.29) is 4.75 Å². The molecular weight excluding hydrogens is 248 g/mol. The van der Waals surface area contributed by atoms with Crippen molar-refractivity contribution in [1.29, 1.82) is 0 Å². The van der Waals surface area contributed by atoms with E-state index in [1.165, 1.54) is 13.3 Å².